The fraction of sp³-hybridized carbons (Fsp3) is 0.143. The quantitative estimate of drug-likeness (QED) is 0.218. The van der Waals surface area contributed by atoms with Gasteiger partial charge in [-0.25, -0.2) is 8.42 Å². The molecule has 0 aliphatic rings. The van der Waals surface area contributed by atoms with E-state index in [1.165, 1.54) is 6.07 Å². The number of hydrogen-bond donors (Lipinski definition) is 4. The molecule has 0 saturated heterocycles. The monoisotopic (exact) mass is 417 g/mol. The predicted octanol–water partition coefficient (Wildman–Crippen LogP) is 0.933. The van der Waals surface area contributed by atoms with Gasteiger partial charge < -0.3 is 16.2 Å². The highest BCUT2D eigenvalue weighted by atomic mass is 32.2. The van der Waals surface area contributed by atoms with E-state index in [-0.39, 0.29) is 22.0 Å². The van der Waals surface area contributed by atoms with Crippen LogP contribution in [-0.4, -0.2) is 43.8 Å². The first-order valence-electron chi connectivity index (χ1n) is 7.22. The molecule has 13 heteroatoms. The van der Waals surface area contributed by atoms with E-state index < -0.39 is 47.8 Å². The number of nitrogens with one attached hydrogen (secondary N) is 1. The first-order valence-corrected chi connectivity index (χ1v) is 10.3. The Morgan fingerprint density at radius 1 is 1.11 bits per heavy atom. The largest absolute Gasteiger partial charge is 0.398 e. The number of benzene rings is 2. The first-order chi connectivity index (χ1) is 12.5. The molecule has 0 aliphatic carbocycles. The second-order valence-corrected chi connectivity index (χ2v) is 8.83. The second kappa shape index (κ2) is 7.48. The van der Waals surface area contributed by atoms with Crippen LogP contribution in [-0.2, 0) is 20.0 Å². The zero-order valence-electron chi connectivity index (χ0n) is 13.6. The van der Waals surface area contributed by atoms with Crippen molar-refractivity contribution in [3.8, 4) is 0 Å². The summed E-state index contributed by atoms with van der Waals surface area (Å²) in [6, 6.07) is 6.52. The summed E-state index contributed by atoms with van der Waals surface area (Å²) in [5, 5.41) is 22.7. The third-order valence-corrected chi connectivity index (χ3v) is 6.07. The van der Waals surface area contributed by atoms with Crippen molar-refractivity contribution in [1.82, 2.24) is 0 Å². The van der Waals surface area contributed by atoms with Crippen LogP contribution >= 0.6 is 0 Å². The van der Waals surface area contributed by atoms with Gasteiger partial charge in [-0.3, -0.25) is 14.7 Å². The first kappa shape index (κ1) is 20.6. The zero-order chi connectivity index (χ0) is 20.4. The molecule has 0 aromatic heterocycles. The zero-order valence-corrected chi connectivity index (χ0v) is 15.2. The van der Waals surface area contributed by atoms with Crippen LogP contribution in [0.5, 0.6) is 0 Å². The van der Waals surface area contributed by atoms with Crippen molar-refractivity contribution in [1.29, 1.82) is 0 Å². The number of hydrogen-bond acceptors (Lipinski definition) is 9. The molecule has 0 amide bonds. The summed E-state index contributed by atoms with van der Waals surface area (Å²) in [5.41, 5.74) is 4.83. The molecule has 11 nitrogen and oxygen atoms in total. The molecule has 0 unspecified atom stereocenters. The Balaban J connectivity index is 2.45. The number of nitrogens with zero attached hydrogens (tertiary/aromatic N) is 1. The number of aliphatic hydroxyl groups excluding tert-OH is 1. The summed E-state index contributed by atoms with van der Waals surface area (Å²) in [7, 11) is -8.40. The number of aliphatic hydroxyl groups is 1. The lowest BCUT2D eigenvalue weighted by Crippen LogP contribution is -2.10. The summed E-state index contributed by atoms with van der Waals surface area (Å²) in [6.45, 7) is -0.629. The van der Waals surface area contributed by atoms with Crippen molar-refractivity contribution < 1.29 is 31.4 Å². The van der Waals surface area contributed by atoms with Gasteiger partial charge in [0, 0.05) is 11.8 Å². The van der Waals surface area contributed by atoms with E-state index in [9.17, 15) is 26.9 Å². The molecule has 0 aliphatic heterocycles. The fourth-order valence-corrected chi connectivity index (χ4v) is 3.86. The van der Waals surface area contributed by atoms with Crippen LogP contribution in [0.25, 0.3) is 0 Å². The van der Waals surface area contributed by atoms with Crippen molar-refractivity contribution in [3.63, 3.8) is 0 Å². The van der Waals surface area contributed by atoms with Crippen LogP contribution in [0.2, 0.25) is 0 Å². The SMILES string of the molecule is Nc1cc(Nc2ccc(S(=O)(=O)CCO)cc2[N+](=O)[O-])ccc1S(=O)(=O)O. The van der Waals surface area contributed by atoms with E-state index in [1.807, 2.05) is 0 Å². The maximum absolute atomic E-state index is 12.0. The van der Waals surface area contributed by atoms with E-state index in [4.69, 9.17) is 15.4 Å². The third kappa shape index (κ3) is 4.71. The Morgan fingerprint density at radius 2 is 1.78 bits per heavy atom. The molecule has 0 radical (unpaired) electrons. The van der Waals surface area contributed by atoms with Crippen molar-refractivity contribution in [2.75, 3.05) is 23.4 Å². The van der Waals surface area contributed by atoms with E-state index >= 15 is 0 Å². The molecule has 0 saturated carbocycles. The van der Waals surface area contributed by atoms with Crippen molar-refractivity contribution in [3.05, 3.63) is 46.5 Å². The number of nitro groups is 1. The van der Waals surface area contributed by atoms with Gasteiger partial charge in [0.15, 0.2) is 9.84 Å². The van der Waals surface area contributed by atoms with E-state index in [0.717, 1.165) is 30.3 Å². The van der Waals surface area contributed by atoms with E-state index in [2.05, 4.69) is 5.32 Å². The average molecular weight is 417 g/mol. The van der Waals surface area contributed by atoms with Crippen molar-refractivity contribution in [2.45, 2.75) is 9.79 Å². The van der Waals surface area contributed by atoms with Crippen LogP contribution in [0, 0.1) is 10.1 Å². The Hall–Kier alpha value is -2.74. The predicted molar refractivity (Wildman–Crippen MR) is 96.2 cm³/mol. The Morgan fingerprint density at radius 3 is 2.30 bits per heavy atom. The van der Waals surface area contributed by atoms with Crippen molar-refractivity contribution in [2.24, 2.45) is 0 Å². The number of nitrogen functional groups attached to an aromatic ring is 1. The number of nitrogens with two attached hydrogens (primary N) is 1. The lowest BCUT2D eigenvalue weighted by atomic mass is 10.2. The summed E-state index contributed by atoms with van der Waals surface area (Å²) < 4.78 is 55.2. The van der Waals surface area contributed by atoms with Gasteiger partial charge in [0.05, 0.1) is 27.9 Å². The molecule has 0 atom stereocenters. The Bertz CT molecular complexity index is 1100. The van der Waals surface area contributed by atoms with Gasteiger partial charge in [-0.05, 0) is 30.3 Å². The highest BCUT2D eigenvalue weighted by Gasteiger charge is 2.22. The minimum atomic E-state index is -4.52. The van der Waals surface area contributed by atoms with Gasteiger partial charge in [-0.2, -0.15) is 8.42 Å². The van der Waals surface area contributed by atoms with Crippen LogP contribution in [0.1, 0.15) is 0 Å². The van der Waals surface area contributed by atoms with E-state index in [1.54, 1.807) is 0 Å². The average Bonchev–Trinajstić information content (AvgIpc) is 2.53. The molecule has 5 N–H and O–H groups in total. The Kier molecular flexibility index (Phi) is 5.70. The molecule has 0 fully saturated rings. The number of nitro benzene ring substituents is 1. The summed E-state index contributed by atoms with van der Waals surface area (Å²) in [4.78, 5) is 9.65. The van der Waals surface area contributed by atoms with Crippen LogP contribution in [0.3, 0.4) is 0 Å². The van der Waals surface area contributed by atoms with E-state index in [0.29, 0.717) is 0 Å². The minimum absolute atomic E-state index is 0.0676. The van der Waals surface area contributed by atoms with Crippen LogP contribution in [0.4, 0.5) is 22.7 Å². The molecule has 27 heavy (non-hydrogen) atoms. The minimum Gasteiger partial charge on any atom is -0.398 e. The lowest BCUT2D eigenvalue weighted by Gasteiger charge is -2.11. The molecule has 2 aromatic rings. The number of rotatable bonds is 7. The second-order valence-electron chi connectivity index (χ2n) is 5.33. The van der Waals surface area contributed by atoms with Gasteiger partial charge in [0.2, 0.25) is 0 Å². The fourth-order valence-electron chi connectivity index (χ4n) is 2.22. The lowest BCUT2D eigenvalue weighted by molar-refractivity contribution is -0.384. The van der Waals surface area contributed by atoms with Gasteiger partial charge in [-0.15, -0.1) is 0 Å². The summed E-state index contributed by atoms with van der Waals surface area (Å²) in [6.07, 6.45) is 0. The van der Waals surface area contributed by atoms with Gasteiger partial charge in [0.25, 0.3) is 15.8 Å². The summed E-state index contributed by atoms with van der Waals surface area (Å²) in [5.74, 6) is -0.579. The maximum atomic E-state index is 12.0. The highest BCUT2D eigenvalue weighted by molar-refractivity contribution is 7.91. The molecule has 146 valence electrons. The standard InChI is InChI=1S/C14H15N3O8S2/c15-11-7-9(1-4-14(11)27(23,24)25)16-12-3-2-10(8-13(12)17(19)20)26(21,22)6-5-18/h1-4,7-8,16,18H,5-6,15H2,(H,23,24,25). The van der Waals surface area contributed by atoms with Crippen LogP contribution < -0.4 is 11.1 Å². The molecule has 0 bridgehead atoms. The third-order valence-electron chi connectivity index (χ3n) is 3.45. The molecule has 0 spiro atoms. The maximum Gasteiger partial charge on any atom is 0.296 e. The normalized spacial score (nSPS) is 11.9. The topological polar surface area (TPSA) is 190 Å². The molecular formula is C14H15N3O8S2. The van der Waals surface area contributed by atoms with Gasteiger partial charge in [0.1, 0.15) is 10.6 Å². The highest BCUT2D eigenvalue weighted by Crippen LogP contribution is 2.32. The van der Waals surface area contributed by atoms with Crippen LogP contribution in [0.15, 0.2) is 46.2 Å². The van der Waals surface area contributed by atoms with Crippen molar-refractivity contribution >= 4 is 42.7 Å². The molecule has 2 aromatic carbocycles. The van der Waals surface area contributed by atoms with Gasteiger partial charge >= 0.3 is 0 Å². The Labute approximate surface area is 154 Å². The molecule has 0 heterocycles. The summed E-state index contributed by atoms with van der Waals surface area (Å²) >= 11 is 0. The molecular weight excluding hydrogens is 402 g/mol. The molecule has 2 rings (SSSR count). The number of sulfone groups is 1. The van der Waals surface area contributed by atoms with Gasteiger partial charge in [-0.1, -0.05) is 0 Å². The number of anilines is 3. The smallest absolute Gasteiger partial charge is 0.296 e.